The predicted octanol–water partition coefficient (Wildman–Crippen LogP) is 9.93. The fraction of sp³-hybridized carbons (Fsp3) is 0.179. The summed E-state index contributed by atoms with van der Waals surface area (Å²) in [5.41, 5.74) is 5.79. The van der Waals surface area contributed by atoms with Crippen LogP contribution in [0.3, 0.4) is 0 Å². The van der Waals surface area contributed by atoms with Crippen LogP contribution in [0.4, 0.5) is 10.2 Å². The number of esters is 2. The minimum absolute atomic E-state index is 0.259. The van der Waals surface area contributed by atoms with E-state index in [1.54, 1.807) is 71.2 Å². The molecule has 4 aromatic heterocycles. The maximum atomic E-state index is 13.2. The third-order valence-electron chi connectivity index (χ3n) is 8.51. The molecular formula is C39H33ClFN5O4S2. The van der Waals surface area contributed by atoms with E-state index in [4.69, 9.17) is 26.3 Å². The molecule has 13 heteroatoms. The molecule has 0 amide bonds. The van der Waals surface area contributed by atoms with Gasteiger partial charge in [-0.2, -0.15) is 0 Å². The summed E-state index contributed by atoms with van der Waals surface area (Å²) in [5, 5.41) is 5.75. The van der Waals surface area contributed by atoms with Gasteiger partial charge >= 0.3 is 11.9 Å². The first-order valence-electron chi connectivity index (χ1n) is 16.0. The van der Waals surface area contributed by atoms with E-state index in [0.717, 1.165) is 54.1 Å². The number of carbonyl (C=O) groups is 2. The number of fused-ring (bicyclic) bond motifs is 2. The Kier molecular flexibility index (Phi) is 10.9. The number of anilines is 1. The maximum absolute atomic E-state index is 13.2. The van der Waals surface area contributed by atoms with Crippen molar-refractivity contribution in [3.05, 3.63) is 121 Å². The number of hydrogen-bond donors (Lipinski definition) is 1. The smallest absolute Gasteiger partial charge is 0.337 e. The van der Waals surface area contributed by atoms with Gasteiger partial charge in [0.05, 0.1) is 36.1 Å². The normalized spacial score (nSPS) is 10.9. The Morgan fingerprint density at radius 1 is 0.673 bits per heavy atom. The minimum Gasteiger partial charge on any atom is -0.465 e. The molecule has 52 heavy (non-hydrogen) atoms. The van der Waals surface area contributed by atoms with Crippen molar-refractivity contribution in [2.75, 3.05) is 19.5 Å². The third-order valence-corrected chi connectivity index (χ3v) is 11.0. The van der Waals surface area contributed by atoms with Crippen molar-refractivity contribution in [1.82, 2.24) is 19.9 Å². The molecule has 7 rings (SSSR count). The molecule has 0 saturated heterocycles. The Labute approximate surface area is 312 Å². The largest absolute Gasteiger partial charge is 0.465 e. The topological polar surface area (TPSA) is 116 Å². The van der Waals surface area contributed by atoms with Crippen molar-refractivity contribution in [3.63, 3.8) is 0 Å². The second kappa shape index (κ2) is 15.5. The summed E-state index contributed by atoms with van der Waals surface area (Å²) in [6.45, 7) is 8.71. The van der Waals surface area contributed by atoms with E-state index < -0.39 is 0 Å². The van der Waals surface area contributed by atoms with Gasteiger partial charge in [0.15, 0.2) is 11.6 Å². The SMILES string of the molecule is COC(=O)c1ccc(-c2nc(Cl)c3c(C)c(C)sc3n2)cc1.COC(=O)c1ccc(-c2nc(NCc3ccc(F)cc3)c3c(C)c(C)sc3n2)cc1. The lowest BCUT2D eigenvalue weighted by Crippen LogP contribution is -2.04. The van der Waals surface area contributed by atoms with Gasteiger partial charge < -0.3 is 14.8 Å². The van der Waals surface area contributed by atoms with E-state index in [2.05, 4.69) is 33.9 Å². The van der Waals surface area contributed by atoms with E-state index in [9.17, 15) is 14.0 Å². The van der Waals surface area contributed by atoms with Gasteiger partial charge in [-0.1, -0.05) is 48.0 Å². The van der Waals surface area contributed by atoms with Crippen LogP contribution in [0, 0.1) is 33.5 Å². The number of rotatable bonds is 7. The number of carbonyl (C=O) groups excluding carboxylic acids is 2. The molecule has 0 radical (unpaired) electrons. The Balaban J connectivity index is 0.000000187. The number of aromatic nitrogens is 4. The molecular weight excluding hydrogens is 721 g/mol. The lowest BCUT2D eigenvalue weighted by molar-refractivity contribution is 0.0592. The summed E-state index contributed by atoms with van der Waals surface area (Å²) < 4.78 is 22.6. The summed E-state index contributed by atoms with van der Waals surface area (Å²) >= 11 is 9.54. The molecule has 3 aromatic carbocycles. The average Bonchev–Trinajstić information content (AvgIpc) is 3.62. The van der Waals surface area contributed by atoms with Crippen molar-refractivity contribution in [1.29, 1.82) is 0 Å². The highest BCUT2D eigenvalue weighted by Gasteiger charge is 2.17. The molecule has 0 aliphatic carbocycles. The van der Waals surface area contributed by atoms with Gasteiger partial charge in [-0.15, -0.1) is 22.7 Å². The molecule has 0 saturated carbocycles. The quantitative estimate of drug-likeness (QED) is 0.125. The number of methoxy groups -OCH3 is 2. The number of benzene rings is 3. The summed E-state index contributed by atoms with van der Waals surface area (Å²) in [6.07, 6.45) is 0. The summed E-state index contributed by atoms with van der Waals surface area (Å²) in [7, 11) is 2.71. The highest BCUT2D eigenvalue weighted by molar-refractivity contribution is 7.19. The van der Waals surface area contributed by atoms with Crippen LogP contribution < -0.4 is 5.32 Å². The highest BCUT2D eigenvalue weighted by atomic mass is 35.5. The van der Waals surface area contributed by atoms with E-state index in [1.807, 2.05) is 26.0 Å². The van der Waals surface area contributed by atoms with Gasteiger partial charge in [0.2, 0.25) is 0 Å². The van der Waals surface area contributed by atoms with E-state index in [-0.39, 0.29) is 17.8 Å². The maximum Gasteiger partial charge on any atom is 0.337 e. The van der Waals surface area contributed by atoms with Crippen LogP contribution in [0.15, 0.2) is 72.8 Å². The lowest BCUT2D eigenvalue weighted by Gasteiger charge is -2.10. The number of halogens is 2. The van der Waals surface area contributed by atoms with Crippen molar-refractivity contribution < 1.29 is 23.5 Å². The molecule has 1 N–H and O–H groups in total. The first-order chi connectivity index (χ1) is 25.0. The molecule has 4 heterocycles. The summed E-state index contributed by atoms with van der Waals surface area (Å²) in [5.74, 6) is 0.842. The van der Waals surface area contributed by atoms with Crippen LogP contribution in [0.2, 0.25) is 5.15 Å². The zero-order valence-electron chi connectivity index (χ0n) is 29.1. The van der Waals surface area contributed by atoms with Crippen LogP contribution in [0.1, 0.15) is 47.2 Å². The first-order valence-corrected chi connectivity index (χ1v) is 18.0. The standard InChI is InChI=1S/C23H20FN3O2S.C16H13ClN2O2S/c1-13-14(2)30-22-19(13)21(25-12-15-4-10-18(24)11-5-15)26-20(27-22)16-6-8-17(9-7-16)23(28)29-3;1-8-9(2)22-15-12(8)13(17)18-14(19-15)10-4-6-11(7-5-10)16(20)21-3/h4-11H,12H2,1-3H3,(H,25,26,27);4-7H,1-3H3. The summed E-state index contributed by atoms with van der Waals surface area (Å²) in [4.78, 5) is 45.8. The number of aryl methyl sites for hydroxylation is 4. The molecule has 0 fully saturated rings. The van der Waals surface area contributed by atoms with Gasteiger partial charge in [0, 0.05) is 27.4 Å². The summed E-state index contributed by atoms with van der Waals surface area (Å²) in [6, 6.07) is 20.4. The molecule has 0 aliphatic rings. The van der Waals surface area contributed by atoms with E-state index in [1.165, 1.54) is 36.1 Å². The average molecular weight is 754 g/mol. The van der Waals surface area contributed by atoms with E-state index in [0.29, 0.717) is 34.5 Å². The molecule has 7 aromatic rings. The molecule has 0 bridgehead atoms. The number of nitrogens with zero attached hydrogens (tertiary/aromatic N) is 4. The van der Waals surface area contributed by atoms with Crippen molar-refractivity contribution in [3.8, 4) is 22.8 Å². The second-order valence-corrected chi connectivity index (χ2v) is 14.5. The number of hydrogen-bond acceptors (Lipinski definition) is 11. The Hall–Kier alpha value is -5.30. The number of thiophene rings is 2. The van der Waals surface area contributed by atoms with Crippen LogP contribution in [0.25, 0.3) is 43.2 Å². The molecule has 264 valence electrons. The lowest BCUT2D eigenvalue weighted by atomic mass is 10.1. The predicted molar refractivity (Wildman–Crippen MR) is 206 cm³/mol. The Morgan fingerprint density at radius 2 is 1.13 bits per heavy atom. The van der Waals surface area contributed by atoms with Crippen molar-refractivity contribution in [2.45, 2.75) is 34.2 Å². The molecule has 0 spiro atoms. The molecule has 9 nitrogen and oxygen atoms in total. The fourth-order valence-corrected chi connectivity index (χ4v) is 7.80. The molecule has 0 aliphatic heterocycles. The zero-order chi connectivity index (χ0) is 37.1. The zero-order valence-corrected chi connectivity index (χ0v) is 31.5. The van der Waals surface area contributed by atoms with E-state index >= 15 is 0 Å². The Bertz CT molecular complexity index is 2430. The Morgan fingerprint density at radius 3 is 1.63 bits per heavy atom. The van der Waals surface area contributed by atoms with Crippen molar-refractivity contribution in [2.24, 2.45) is 0 Å². The monoisotopic (exact) mass is 753 g/mol. The van der Waals surface area contributed by atoms with Gasteiger partial charge in [-0.05, 0) is 80.8 Å². The molecule has 0 atom stereocenters. The molecule has 0 unspecified atom stereocenters. The van der Waals surface area contributed by atoms with Gasteiger partial charge in [-0.3, -0.25) is 0 Å². The van der Waals surface area contributed by atoms with Crippen LogP contribution in [0.5, 0.6) is 0 Å². The fourth-order valence-electron chi connectivity index (χ4n) is 5.37. The highest BCUT2D eigenvalue weighted by Crippen LogP contribution is 2.36. The first kappa shape index (κ1) is 36.5. The van der Waals surface area contributed by atoms with Crippen LogP contribution in [-0.2, 0) is 16.0 Å². The van der Waals surface area contributed by atoms with Gasteiger partial charge in [0.25, 0.3) is 0 Å². The van der Waals surface area contributed by atoms with Crippen LogP contribution >= 0.6 is 34.3 Å². The van der Waals surface area contributed by atoms with Crippen molar-refractivity contribution >= 4 is 72.5 Å². The van der Waals surface area contributed by atoms with Gasteiger partial charge in [0.1, 0.15) is 26.4 Å². The minimum atomic E-state index is -0.385. The number of nitrogens with one attached hydrogen (secondary N) is 1. The number of ether oxygens (including phenoxy) is 2. The van der Waals surface area contributed by atoms with Gasteiger partial charge in [-0.25, -0.2) is 33.9 Å². The van der Waals surface area contributed by atoms with Crippen LogP contribution in [-0.4, -0.2) is 46.1 Å². The second-order valence-electron chi connectivity index (χ2n) is 11.8. The third kappa shape index (κ3) is 7.64.